The van der Waals surface area contributed by atoms with Crippen molar-refractivity contribution in [3.8, 4) is 5.75 Å². The largest absolute Gasteiger partial charge is 0.491 e. The van der Waals surface area contributed by atoms with Gasteiger partial charge in [-0.05, 0) is 31.5 Å². The smallest absolute Gasteiger partial charge is 0.325 e. The van der Waals surface area contributed by atoms with Gasteiger partial charge in [0.1, 0.15) is 11.8 Å². The molecule has 2 N–H and O–H groups in total. The van der Waals surface area contributed by atoms with Crippen molar-refractivity contribution in [1.82, 2.24) is 9.80 Å². The van der Waals surface area contributed by atoms with E-state index in [-0.39, 0.29) is 12.7 Å². The predicted octanol–water partition coefficient (Wildman–Crippen LogP) is 1.23. The topological polar surface area (TPSA) is 82.5 Å². The number of aliphatic hydroxyl groups is 1. The van der Waals surface area contributed by atoms with E-state index in [2.05, 4.69) is 4.90 Å². The van der Waals surface area contributed by atoms with E-state index in [1.807, 2.05) is 43.0 Å². The predicted molar refractivity (Wildman–Crippen MR) is 98.5 cm³/mol. The molecule has 1 aromatic rings. The Balaban J connectivity index is 1.91. The van der Waals surface area contributed by atoms with Crippen LogP contribution in [0, 0.1) is 0 Å². The first-order valence-corrected chi connectivity index (χ1v) is 9.15. The Labute approximate surface area is 155 Å². The highest BCUT2D eigenvalue weighted by Gasteiger charge is 2.30. The van der Waals surface area contributed by atoms with E-state index in [1.165, 1.54) is 0 Å². The highest BCUT2D eigenvalue weighted by molar-refractivity contribution is 5.75. The number of ether oxygens (including phenoxy) is 2. The molecule has 0 amide bonds. The van der Waals surface area contributed by atoms with Crippen LogP contribution in [0.2, 0.25) is 0 Å². The lowest BCUT2D eigenvalue weighted by molar-refractivity contribution is -0.144. The van der Waals surface area contributed by atoms with Gasteiger partial charge in [0.2, 0.25) is 0 Å². The maximum Gasteiger partial charge on any atom is 0.325 e. The summed E-state index contributed by atoms with van der Waals surface area (Å²) >= 11 is 0. The Morgan fingerprint density at radius 3 is 2.31 bits per heavy atom. The number of carboxylic acids is 1. The van der Waals surface area contributed by atoms with Crippen molar-refractivity contribution in [1.29, 1.82) is 0 Å². The lowest BCUT2D eigenvalue weighted by atomic mass is 10.0. The van der Waals surface area contributed by atoms with E-state index in [0.717, 1.165) is 30.9 Å². The molecule has 1 aliphatic heterocycles. The van der Waals surface area contributed by atoms with E-state index >= 15 is 0 Å². The molecule has 0 spiro atoms. The molecule has 1 aliphatic rings. The van der Waals surface area contributed by atoms with Gasteiger partial charge in [-0.3, -0.25) is 14.6 Å². The first-order valence-electron chi connectivity index (χ1n) is 9.15. The minimum absolute atomic E-state index is 0.0368. The molecule has 1 saturated heterocycles. The van der Waals surface area contributed by atoms with Gasteiger partial charge in [-0.2, -0.15) is 0 Å². The van der Waals surface area contributed by atoms with Crippen molar-refractivity contribution in [3.63, 3.8) is 0 Å². The first-order chi connectivity index (χ1) is 12.5. The van der Waals surface area contributed by atoms with Crippen LogP contribution in [0.5, 0.6) is 5.75 Å². The third kappa shape index (κ3) is 6.25. The lowest BCUT2D eigenvalue weighted by Crippen LogP contribution is -2.49. The quantitative estimate of drug-likeness (QED) is 0.603. The zero-order valence-electron chi connectivity index (χ0n) is 15.6. The van der Waals surface area contributed by atoms with Crippen LogP contribution in [0.4, 0.5) is 0 Å². The first kappa shape index (κ1) is 20.6. The van der Waals surface area contributed by atoms with Crippen LogP contribution in [0.1, 0.15) is 25.5 Å². The van der Waals surface area contributed by atoms with Crippen LogP contribution in [-0.4, -0.2) is 84.6 Å². The number of piperazine rings is 1. The summed E-state index contributed by atoms with van der Waals surface area (Å²) in [4.78, 5) is 16.1. The molecular weight excluding hydrogens is 336 g/mol. The van der Waals surface area contributed by atoms with Crippen molar-refractivity contribution >= 4 is 5.97 Å². The molecule has 1 heterocycles. The van der Waals surface area contributed by atoms with E-state index in [0.29, 0.717) is 26.3 Å². The van der Waals surface area contributed by atoms with Crippen LogP contribution in [0.3, 0.4) is 0 Å². The van der Waals surface area contributed by atoms with E-state index < -0.39 is 12.0 Å². The van der Waals surface area contributed by atoms with Crippen molar-refractivity contribution in [2.24, 2.45) is 0 Å². The number of aliphatic carboxylic acids is 1. The summed E-state index contributed by atoms with van der Waals surface area (Å²) in [6, 6.07) is 6.70. The van der Waals surface area contributed by atoms with Gasteiger partial charge >= 0.3 is 5.97 Å². The molecular formula is C19H30N2O5. The number of rotatable bonds is 10. The third-order valence-corrected chi connectivity index (χ3v) is 4.36. The van der Waals surface area contributed by atoms with Crippen LogP contribution in [0.15, 0.2) is 24.3 Å². The van der Waals surface area contributed by atoms with Crippen molar-refractivity contribution < 1.29 is 24.5 Å². The third-order valence-electron chi connectivity index (χ3n) is 4.36. The summed E-state index contributed by atoms with van der Waals surface area (Å²) in [5, 5.41) is 18.4. The molecule has 146 valence electrons. The van der Waals surface area contributed by atoms with Crippen molar-refractivity contribution in [2.75, 3.05) is 52.5 Å². The van der Waals surface area contributed by atoms with Gasteiger partial charge < -0.3 is 19.7 Å². The number of carbonyl (C=O) groups is 1. The lowest BCUT2D eigenvalue weighted by Gasteiger charge is -2.37. The Bertz CT molecular complexity index is 541. The van der Waals surface area contributed by atoms with Crippen LogP contribution >= 0.6 is 0 Å². The number of aliphatic hydroxyl groups excluding tert-OH is 1. The standard InChI is InChI=1S/C19H30N2O5/c1-15(2)26-17-5-3-16(4-6-17)18(19(23)24)21-9-7-20(8-10-21)11-13-25-14-12-22/h3-6,15,18,22H,7-14H2,1-2H3,(H,23,24)/t18-/m1/s1. The second-order valence-electron chi connectivity index (χ2n) is 6.69. The Morgan fingerprint density at radius 2 is 1.77 bits per heavy atom. The molecule has 1 atom stereocenters. The van der Waals surface area contributed by atoms with Gasteiger partial charge in [0.15, 0.2) is 0 Å². The highest BCUT2D eigenvalue weighted by Crippen LogP contribution is 2.25. The zero-order chi connectivity index (χ0) is 18.9. The number of nitrogens with zero attached hydrogens (tertiary/aromatic N) is 2. The second kappa shape index (κ2) is 10.5. The summed E-state index contributed by atoms with van der Waals surface area (Å²) in [6.45, 7) is 8.70. The average molecular weight is 366 g/mol. The molecule has 0 unspecified atom stereocenters. The average Bonchev–Trinajstić information content (AvgIpc) is 2.61. The minimum Gasteiger partial charge on any atom is -0.491 e. The van der Waals surface area contributed by atoms with Gasteiger partial charge in [0, 0.05) is 32.7 Å². The number of benzene rings is 1. The van der Waals surface area contributed by atoms with Gasteiger partial charge in [0.05, 0.1) is 25.9 Å². The van der Waals surface area contributed by atoms with Gasteiger partial charge in [-0.1, -0.05) is 12.1 Å². The Hall–Kier alpha value is -1.67. The summed E-state index contributed by atoms with van der Waals surface area (Å²) in [6.07, 6.45) is 0.0885. The number of hydrogen-bond acceptors (Lipinski definition) is 6. The number of carboxylic acid groups (broad SMARTS) is 1. The normalized spacial score (nSPS) is 17.4. The maximum absolute atomic E-state index is 11.9. The molecule has 0 aliphatic carbocycles. The summed E-state index contributed by atoms with van der Waals surface area (Å²) in [5.41, 5.74) is 0.772. The Morgan fingerprint density at radius 1 is 1.12 bits per heavy atom. The SMILES string of the molecule is CC(C)Oc1ccc([C@H](C(=O)O)N2CCN(CCOCCO)CC2)cc1. The van der Waals surface area contributed by atoms with E-state index in [9.17, 15) is 9.90 Å². The number of hydrogen-bond donors (Lipinski definition) is 2. The molecule has 0 radical (unpaired) electrons. The minimum atomic E-state index is -0.831. The molecule has 0 saturated carbocycles. The van der Waals surface area contributed by atoms with Gasteiger partial charge in [-0.25, -0.2) is 0 Å². The zero-order valence-corrected chi connectivity index (χ0v) is 15.6. The molecule has 1 fully saturated rings. The molecule has 0 bridgehead atoms. The van der Waals surface area contributed by atoms with Gasteiger partial charge in [-0.15, -0.1) is 0 Å². The summed E-state index contributed by atoms with van der Waals surface area (Å²) in [7, 11) is 0. The molecule has 7 nitrogen and oxygen atoms in total. The molecule has 2 rings (SSSR count). The second-order valence-corrected chi connectivity index (χ2v) is 6.69. The fourth-order valence-corrected chi connectivity index (χ4v) is 3.12. The highest BCUT2D eigenvalue weighted by atomic mass is 16.5. The van der Waals surface area contributed by atoms with Gasteiger partial charge in [0.25, 0.3) is 0 Å². The van der Waals surface area contributed by atoms with E-state index in [4.69, 9.17) is 14.6 Å². The molecule has 1 aromatic carbocycles. The van der Waals surface area contributed by atoms with Crippen molar-refractivity contribution in [2.45, 2.75) is 26.0 Å². The Kier molecular flexibility index (Phi) is 8.31. The van der Waals surface area contributed by atoms with E-state index in [1.54, 1.807) is 0 Å². The molecule has 26 heavy (non-hydrogen) atoms. The monoisotopic (exact) mass is 366 g/mol. The fraction of sp³-hybridized carbons (Fsp3) is 0.632. The maximum atomic E-state index is 11.9. The molecule has 7 heteroatoms. The van der Waals surface area contributed by atoms with Crippen LogP contribution in [0.25, 0.3) is 0 Å². The summed E-state index contributed by atoms with van der Waals surface area (Å²) in [5.74, 6) is -0.0807. The van der Waals surface area contributed by atoms with Crippen LogP contribution in [-0.2, 0) is 9.53 Å². The molecule has 0 aromatic heterocycles. The fourth-order valence-electron chi connectivity index (χ4n) is 3.12. The summed E-state index contributed by atoms with van der Waals surface area (Å²) < 4.78 is 10.9. The van der Waals surface area contributed by atoms with Crippen LogP contribution < -0.4 is 4.74 Å². The van der Waals surface area contributed by atoms with Crippen molar-refractivity contribution in [3.05, 3.63) is 29.8 Å².